The normalized spacial score (nSPS) is 11.1. The van der Waals surface area contributed by atoms with Crippen molar-refractivity contribution in [3.05, 3.63) is 63.0 Å². The highest BCUT2D eigenvalue weighted by Gasteiger charge is 2.23. The van der Waals surface area contributed by atoms with Crippen molar-refractivity contribution in [1.29, 1.82) is 0 Å². The van der Waals surface area contributed by atoms with Crippen molar-refractivity contribution in [3.8, 4) is 10.6 Å². The number of hydrogen-bond donors (Lipinski definition) is 0. The highest BCUT2D eigenvalue weighted by molar-refractivity contribution is 7.17. The molecule has 0 fully saturated rings. The van der Waals surface area contributed by atoms with Crippen LogP contribution in [0.4, 0.5) is 4.39 Å². The van der Waals surface area contributed by atoms with Crippen molar-refractivity contribution >= 4 is 28.6 Å². The molecule has 0 bridgehead atoms. The maximum Gasteiger partial charge on any atom is 0.266 e. The van der Waals surface area contributed by atoms with Crippen LogP contribution in [0.5, 0.6) is 0 Å². The summed E-state index contributed by atoms with van der Waals surface area (Å²) in [5, 5.41) is 4.86. The second-order valence-corrected chi connectivity index (χ2v) is 8.35. The fourth-order valence-corrected chi connectivity index (χ4v) is 4.40. The van der Waals surface area contributed by atoms with Crippen LogP contribution in [-0.4, -0.2) is 47.9 Å². The Morgan fingerprint density at radius 3 is 2.63 bits per heavy atom. The molecule has 3 aromatic rings. The molecular formula is C20H22FN3OS2. The van der Waals surface area contributed by atoms with E-state index in [1.807, 2.05) is 42.7 Å². The topological polar surface area (TPSA) is 36.4 Å². The number of halogens is 1. The Morgan fingerprint density at radius 1 is 1.19 bits per heavy atom. The van der Waals surface area contributed by atoms with Gasteiger partial charge in [-0.15, -0.1) is 11.3 Å². The van der Waals surface area contributed by atoms with Gasteiger partial charge in [0.1, 0.15) is 15.7 Å². The lowest BCUT2D eigenvalue weighted by Crippen LogP contribution is -2.36. The second kappa shape index (κ2) is 8.73. The number of aromatic nitrogens is 1. The molecule has 7 heteroatoms. The maximum absolute atomic E-state index is 14.1. The zero-order chi connectivity index (χ0) is 19.4. The van der Waals surface area contributed by atoms with E-state index in [-0.39, 0.29) is 18.3 Å². The minimum absolute atomic E-state index is 0.100. The number of thiazole rings is 1. The molecule has 2 heterocycles. The summed E-state index contributed by atoms with van der Waals surface area (Å²) in [6.45, 7) is 3.32. The molecule has 1 aromatic carbocycles. The van der Waals surface area contributed by atoms with Crippen LogP contribution in [-0.2, 0) is 6.54 Å². The van der Waals surface area contributed by atoms with Crippen molar-refractivity contribution in [2.75, 3.05) is 27.2 Å². The first-order valence-corrected chi connectivity index (χ1v) is 10.4. The van der Waals surface area contributed by atoms with Crippen LogP contribution >= 0.6 is 22.7 Å². The molecule has 0 atom stereocenters. The van der Waals surface area contributed by atoms with Gasteiger partial charge in [-0.25, -0.2) is 9.37 Å². The van der Waals surface area contributed by atoms with E-state index in [2.05, 4.69) is 4.98 Å². The van der Waals surface area contributed by atoms with E-state index in [9.17, 15) is 9.18 Å². The summed E-state index contributed by atoms with van der Waals surface area (Å²) < 4.78 is 14.1. The molecule has 0 unspecified atom stereocenters. The fourth-order valence-electron chi connectivity index (χ4n) is 2.65. The van der Waals surface area contributed by atoms with Crippen LogP contribution in [0, 0.1) is 12.7 Å². The minimum atomic E-state index is -0.292. The Balaban J connectivity index is 1.87. The number of amides is 1. The molecule has 0 aliphatic heterocycles. The zero-order valence-corrected chi connectivity index (χ0v) is 17.2. The molecule has 1 amide bonds. The van der Waals surface area contributed by atoms with Gasteiger partial charge in [0.05, 0.1) is 5.69 Å². The van der Waals surface area contributed by atoms with Crippen molar-refractivity contribution in [2.45, 2.75) is 13.5 Å². The molecule has 4 nitrogen and oxygen atoms in total. The summed E-state index contributed by atoms with van der Waals surface area (Å²) in [6.07, 6.45) is 0. The summed E-state index contributed by atoms with van der Waals surface area (Å²) >= 11 is 3.00. The van der Waals surface area contributed by atoms with Crippen LogP contribution in [0.3, 0.4) is 0 Å². The number of likely N-dealkylation sites (N-methyl/N-ethyl adjacent to an activating group) is 1. The molecule has 0 aliphatic carbocycles. The van der Waals surface area contributed by atoms with Gasteiger partial charge in [-0.05, 0) is 38.5 Å². The number of carbonyl (C=O) groups is 1. The van der Waals surface area contributed by atoms with E-state index < -0.39 is 0 Å². The van der Waals surface area contributed by atoms with Crippen molar-refractivity contribution in [1.82, 2.24) is 14.8 Å². The van der Waals surface area contributed by atoms with E-state index in [1.165, 1.54) is 17.4 Å². The predicted molar refractivity (Wildman–Crippen MR) is 110 cm³/mol. The standard InChI is InChI=1S/C20H22FN3OS2/c1-14-18(27-19(22-14)16-8-11-26-13-16)20(25)24(10-9-23(2)3)12-15-6-4-5-7-17(15)21/h4-8,11,13H,9-10,12H2,1-3H3. The predicted octanol–water partition coefficient (Wildman–Crippen LogP) is 4.52. The van der Waals surface area contributed by atoms with Crippen molar-refractivity contribution in [2.24, 2.45) is 0 Å². The summed E-state index contributed by atoms with van der Waals surface area (Å²) in [5.74, 6) is -0.392. The van der Waals surface area contributed by atoms with Crippen LogP contribution in [0.1, 0.15) is 20.9 Å². The summed E-state index contributed by atoms with van der Waals surface area (Å²) in [7, 11) is 3.91. The minimum Gasteiger partial charge on any atom is -0.332 e. The Bertz CT molecular complexity index is 906. The third kappa shape index (κ3) is 4.80. The summed E-state index contributed by atoms with van der Waals surface area (Å²) in [5.41, 5.74) is 2.26. The monoisotopic (exact) mass is 403 g/mol. The number of carbonyl (C=O) groups excluding carboxylic acids is 1. The van der Waals surface area contributed by atoms with E-state index >= 15 is 0 Å². The smallest absolute Gasteiger partial charge is 0.266 e. The molecule has 0 radical (unpaired) electrons. The Hall–Kier alpha value is -2.09. The lowest BCUT2D eigenvalue weighted by atomic mass is 10.2. The Kier molecular flexibility index (Phi) is 6.36. The van der Waals surface area contributed by atoms with Gasteiger partial charge in [0.15, 0.2) is 0 Å². The number of rotatable bonds is 7. The third-order valence-electron chi connectivity index (χ3n) is 4.18. The average Bonchev–Trinajstić information content (AvgIpc) is 3.29. The highest BCUT2D eigenvalue weighted by Crippen LogP contribution is 2.30. The lowest BCUT2D eigenvalue weighted by molar-refractivity contribution is 0.0734. The summed E-state index contributed by atoms with van der Waals surface area (Å²) in [6, 6.07) is 8.60. The average molecular weight is 404 g/mol. The molecular weight excluding hydrogens is 381 g/mol. The molecule has 142 valence electrons. The first-order valence-electron chi connectivity index (χ1n) is 8.63. The molecule has 0 saturated carbocycles. The van der Waals surface area contributed by atoms with Gasteiger partial charge in [-0.1, -0.05) is 18.2 Å². The van der Waals surface area contributed by atoms with Gasteiger partial charge in [0.2, 0.25) is 0 Å². The second-order valence-electron chi connectivity index (χ2n) is 6.57. The van der Waals surface area contributed by atoms with Crippen molar-refractivity contribution < 1.29 is 9.18 Å². The molecule has 27 heavy (non-hydrogen) atoms. The first-order chi connectivity index (χ1) is 13.0. The van der Waals surface area contributed by atoms with Gasteiger partial charge >= 0.3 is 0 Å². The van der Waals surface area contributed by atoms with E-state index in [1.54, 1.807) is 34.4 Å². The zero-order valence-electron chi connectivity index (χ0n) is 15.6. The van der Waals surface area contributed by atoms with Crippen molar-refractivity contribution in [3.63, 3.8) is 0 Å². The Labute approximate surface area is 166 Å². The van der Waals surface area contributed by atoms with E-state index in [0.29, 0.717) is 23.5 Å². The molecule has 0 N–H and O–H groups in total. The largest absolute Gasteiger partial charge is 0.332 e. The van der Waals surface area contributed by atoms with Crippen LogP contribution < -0.4 is 0 Å². The molecule has 0 saturated heterocycles. The molecule has 3 rings (SSSR count). The number of aryl methyl sites for hydroxylation is 1. The van der Waals surface area contributed by atoms with Gasteiger partial charge < -0.3 is 9.80 Å². The number of nitrogens with zero attached hydrogens (tertiary/aromatic N) is 3. The number of benzene rings is 1. The number of thiophene rings is 1. The van der Waals surface area contributed by atoms with Gasteiger partial charge in [0.25, 0.3) is 5.91 Å². The van der Waals surface area contributed by atoms with Gasteiger partial charge in [-0.2, -0.15) is 11.3 Å². The quantitative estimate of drug-likeness (QED) is 0.582. The SMILES string of the molecule is Cc1nc(-c2ccsc2)sc1C(=O)N(CCN(C)C)Cc1ccccc1F. The first kappa shape index (κ1) is 19.7. The van der Waals surface area contributed by atoms with Gasteiger partial charge in [0, 0.05) is 36.1 Å². The molecule has 0 aliphatic rings. The molecule has 2 aromatic heterocycles. The van der Waals surface area contributed by atoms with Crippen LogP contribution in [0.25, 0.3) is 10.6 Å². The lowest BCUT2D eigenvalue weighted by Gasteiger charge is -2.24. The van der Waals surface area contributed by atoms with Crippen LogP contribution in [0.15, 0.2) is 41.1 Å². The highest BCUT2D eigenvalue weighted by atomic mass is 32.1. The van der Waals surface area contributed by atoms with E-state index in [0.717, 1.165) is 16.3 Å². The van der Waals surface area contributed by atoms with Gasteiger partial charge in [-0.3, -0.25) is 4.79 Å². The maximum atomic E-state index is 14.1. The molecule has 0 spiro atoms. The Morgan fingerprint density at radius 2 is 1.96 bits per heavy atom. The fraction of sp³-hybridized carbons (Fsp3) is 0.300. The third-order valence-corrected chi connectivity index (χ3v) is 6.06. The summed E-state index contributed by atoms with van der Waals surface area (Å²) in [4.78, 5) is 22.1. The number of hydrogen-bond acceptors (Lipinski definition) is 5. The van der Waals surface area contributed by atoms with E-state index in [4.69, 9.17) is 0 Å². The van der Waals surface area contributed by atoms with Crippen LogP contribution in [0.2, 0.25) is 0 Å².